The highest BCUT2D eigenvalue weighted by Crippen LogP contribution is 2.26. The Hall–Kier alpha value is -1.85. The number of hydrogen-bond donors (Lipinski definition) is 1. The van der Waals surface area contributed by atoms with Crippen LogP contribution in [-0.2, 0) is 13.0 Å². The van der Waals surface area contributed by atoms with E-state index in [1.165, 1.54) is 12.3 Å². The molecule has 0 saturated carbocycles. The molecule has 1 aliphatic heterocycles. The van der Waals surface area contributed by atoms with E-state index >= 15 is 0 Å². The largest absolute Gasteiger partial charge is 0.322 e. The normalized spacial score (nSPS) is 13.7. The van der Waals surface area contributed by atoms with Crippen molar-refractivity contribution in [2.24, 2.45) is 0 Å². The first-order valence-electron chi connectivity index (χ1n) is 6.67. The third-order valence-corrected chi connectivity index (χ3v) is 4.26. The Bertz CT molecular complexity index is 739. The van der Waals surface area contributed by atoms with E-state index in [1.807, 2.05) is 0 Å². The predicted molar refractivity (Wildman–Crippen MR) is 83.8 cm³/mol. The molecule has 2 aromatic rings. The monoisotopic (exact) mass is 339 g/mol. The second kappa shape index (κ2) is 6.10. The Kier molecular flexibility index (Phi) is 4.18. The summed E-state index contributed by atoms with van der Waals surface area (Å²) in [6, 6.07) is 6.08. The third-order valence-electron chi connectivity index (χ3n) is 3.52. The van der Waals surface area contributed by atoms with Gasteiger partial charge in [-0.3, -0.25) is 0 Å². The maximum absolute atomic E-state index is 13.1. The molecule has 0 bridgehead atoms. The van der Waals surface area contributed by atoms with Gasteiger partial charge in [0.15, 0.2) is 0 Å². The third kappa shape index (κ3) is 3.15. The lowest BCUT2D eigenvalue weighted by atomic mass is 10.0. The van der Waals surface area contributed by atoms with Crippen LogP contribution in [0.5, 0.6) is 0 Å². The summed E-state index contributed by atoms with van der Waals surface area (Å²) in [6.45, 7) is 0.916. The molecular weight excluding hydrogens is 328 g/mol. The van der Waals surface area contributed by atoms with Gasteiger partial charge < -0.3 is 10.2 Å². The SMILES string of the molecule is O=C(Nc1ccc(Cl)c(Cl)c1)N1CCc2cc(F)ncc2C1. The van der Waals surface area contributed by atoms with Crippen molar-refractivity contribution in [3.8, 4) is 0 Å². The molecular formula is C15H12Cl2FN3O. The lowest BCUT2D eigenvalue weighted by molar-refractivity contribution is 0.206. The van der Waals surface area contributed by atoms with Crippen LogP contribution in [0.1, 0.15) is 11.1 Å². The van der Waals surface area contributed by atoms with Crippen LogP contribution in [-0.4, -0.2) is 22.5 Å². The fraction of sp³-hybridized carbons (Fsp3) is 0.200. The fourth-order valence-corrected chi connectivity index (χ4v) is 2.66. The molecule has 2 amide bonds. The quantitative estimate of drug-likeness (QED) is 0.794. The Morgan fingerprint density at radius 3 is 2.82 bits per heavy atom. The number of urea groups is 1. The van der Waals surface area contributed by atoms with Gasteiger partial charge in [0, 0.05) is 25.0 Å². The second-order valence-electron chi connectivity index (χ2n) is 5.01. The number of benzene rings is 1. The molecule has 1 N–H and O–H groups in total. The topological polar surface area (TPSA) is 45.2 Å². The Morgan fingerprint density at radius 2 is 2.05 bits per heavy atom. The van der Waals surface area contributed by atoms with E-state index in [2.05, 4.69) is 10.3 Å². The standard InChI is InChI=1S/C15H12Cl2FN3O/c16-12-2-1-11(6-13(12)17)20-15(22)21-4-3-9-5-14(18)19-7-10(9)8-21/h1-2,5-7H,3-4,8H2,(H,20,22). The van der Waals surface area contributed by atoms with Gasteiger partial charge in [-0.15, -0.1) is 0 Å². The fourth-order valence-electron chi connectivity index (χ4n) is 2.36. The summed E-state index contributed by atoms with van der Waals surface area (Å²) in [5.74, 6) is -0.493. The zero-order valence-corrected chi connectivity index (χ0v) is 13.0. The van der Waals surface area contributed by atoms with Gasteiger partial charge in [-0.25, -0.2) is 9.78 Å². The van der Waals surface area contributed by atoms with Crippen molar-refractivity contribution in [2.75, 3.05) is 11.9 Å². The molecule has 3 rings (SSSR count). The van der Waals surface area contributed by atoms with Gasteiger partial charge in [0.05, 0.1) is 10.0 Å². The molecule has 0 aliphatic carbocycles. The van der Waals surface area contributed by atoms with Gasteiger partial charge >= 0.3 is 6.03 Å². The van der Waals surface area contributed by atoms with Crippen molar-refractivity contribution >= 4 is 34.9 Å². The summed E-state index contributed by atoms with van der Waals surface area (Å²) < 4.78 is 13.1. The Balaban J connectivity index is 1.71. The van der Waals surface area contributed by atoms with Gasteiger partial charge in [-0.2, -0.15) is 4.39 Å². The molecule has 7 heteroatoms. The van der Waals surface area contributed by atoms with E-state index in [4.69, 9.17) is 23.2 Å². The molecule has 2 heterocycles. The number of halogens is 3. The molecule has 4 nitrogen and oxygen atoms in total. The van der Waals surface area contributed by atoms with Gasteiger partial charge in [0.1, 0.15) is 0 Å². The number of nitrogens with zero attached hydrogens (tertiary/aromatic N) is 2. The molecule has 0 radical (unpaired) electrons. The predicted octanol–water partition coefficient (Wildman–Crippen LogP) is 4.12. The highest BCUT2D eigenvalue weighted by Gasteiger charge is 2.21. The van der Waals surface area contributed by atoms with E-state index in [9.17, 15) is 9.18 Å². The molecule has 0 fully saturated rings. The number of fused-ring (bicyclic) bond motifs is 1. The Labute approximate surface area is 136 Å². The van der Waals surface area contributed by atoms with Gasteiger partial charge in [0.25, 0.3) is 0 Å². The minimum atomic E-state index is -0.493. The van der Waals surface area contributed by atoms with Crippen LogP contribution in [0.15, 0.2) is 30.5 Å². The highest BCUT2D eigenvalue weighted by molar-refractivity contribution is 6.42. The van der Waals surface area contributed by atoms with E-state index < -0.39 is 5.95 Å². The number of carbonyl (C=O) groups is 1. The smallest absolute Gasteiger partial charge is 0.320 e. The molecule has 0 atom stereocenters. The summed E-state index contributed by atoms with van der Waals surface area (Å²) in [7, 11) is 0. The minimum Gasteiger partial charge on any atom is -0.320 e. The van der Waals surface area contributed by atoms with E-state index in [0.717, 1.165) is 11.1 Å². The number of aromatic nitrogens is 1. The zero-order valence-electron chi connectivity index (χ0n) is 11.4. The average Bonchev–Trinajstić information content (AvgIpc) is 2.50. The Morgan fingerprint density at radius 1 is 1.23 bits per heavy atom. The summed E-state index contributed by atoms with van der Waals surface area (Å²) >= 11 is 11.8. The number of rotatable bonds is 1. The number of pyridine rings is 1. The maximum atomic E-state index is 13.1. The first kappa shape index (κ1) is 15.1. The van der Waals surface area contributed by atoms with Gasteiger partial charge in [-0.1, -0.05) is 23.2 Å². The number of carbonyl (C=O) groups excluding carboxylic acids is 1. The second-order valence-corrected chi connectivity index (χ2v) is 5.82. The molecule has 0 unspecified atom stereocenters. The molecule has 22 heavy (non-hydrogen) atoms. The molecule has 1 aliphatic rings. The highest BCUT2D eigenvalue weighted by atomic mass is 35.5. The lowest BCUT2D eigenvalue weighted by Crippen LogP contribution is -2.39. The van der Waals surface area contributed by atoms with Crippen molar-refractivity contribution in [2.45, 2.75) is 13.0 Å². The number of nitrogens with one attached hydrogen (secondary N) is 1. The molecule has 0 saturated heterocycles. The zero-order chi connectivity index (χ0) is 15.7. The van der Waals surface area contributed by atoms with Crippen molar-refractivity contribution < 1.29 is 9.18 Å². The van der Waals surface area contributed by atoms with Crippen LogP contribution < -0.4 is 5.32 Å². The summed E-state index contributed by atoms with van der Waals surface area (Å²) in [4.78, 5) is 17.6. The average molecular weight is 340 g/mol. The minimum absolute atomic E-state index is 0.242. The maximum Gasteiger partial charge on any atom is 0.322 e. The van der Waals surface area contributed by atoms with Crippen LogP contribution in [0, 0.1) is 5.95 Å². The molecule has 0 spiro atoms. The molecule has 1 aromatic carbocycles. The lowest BCUT2D eigenvalue weighted by Gasteiger charge is -2.28. The summed E-state index contributed by atoms with van der Waals surface area (Å²) in [6.07, 6.45) is 2.08. The molecule has 1 aromatic heterocycles. The summed E-state index contributed by atoms with van der Waals surface area (Å²) in [5.41, 5.74) is 2.32. The summed E-state index contributed by atoms with van der Waals surface area (Å²) in [5, 5.41) is 3.58. The van der Waals surface area contributed by atoms with E-state index in [-0.39, 0.29) is 6.03 Å². The number of amides is 2. The number of anilines is 1. The van der Waals surface area contributed by atoms with Crippen LogP contribution >= 0.6 is 23.2 Å². The van der Waals surface area contributed by atoms with E-state index in [1.54, 1.807) is 23.1 Å². The van der Waals surface area contributed by atoms with Crippen LogP contribution in [0.3, 0.4) is 0 Å². The van der Waals surface area contributed by atoms with Crippen molar-refractivity contribution in [1.29, 1.82) is 0 Å². The first-order valence-corrected chi connectivity index (χ1v) is 7.43. The molecule has 114 valence electrons. The van der Waals surface area contributed by atoms with Crippen molar-refractivity contribution in [3.05, 3.63) is 57.6 Å². The first-order chi connectivity index (χ1) is 10.5. The number of hydrogen-bond acceptors (Lipinski definition) is 2. The van der Waals surface area contributed by atoms with Crippen LogP contribution in [0.2, 0.25) is 10.0 Å². The van der Waals surface area contributed by atoms with E-state index in [0.29, 0.717) is 35.2 Å². The van der Waals surface area contributed by atoms with Gasteiger partial charge in [-0.05, 0) is 41.8 Å². The van der Waals surface area contributed by atoms with Crippen molar-refractivity contribution in [1.82, 2.24) is 9.88 Å². The van der Waals surface area contributed by atoms with Crippen molar-refractivity contribution in [3.63, 3.8) is 0 Å². The van der Waals surface area contributed by atoms with Crippen LogP contribution in [0.25, 0.3) is 0 Å². The van der Waals surface area contributed by atoms with Gasteiger partial charge in [0.2, 0.25) is 5.95 Å². The van der Waals surface area contributed by atoms with Crippen LogP contribution in [0.4, 0.5) is 14.9 Å².